The molecule has 0 amide bonds. The molecule has 132 valence electrons. The van der Waals surface area contributed by atoms with Gasteiger partial charge >= 0.3 is 5.97 Å². The number of ether oxygens (including phenoxy) is 3. The lowest BCUT2D eigenvalue weighted by molar-refractivity contribution is -0.154. The Morgan fingerprint density at radius 3 is 2.75 bits per heavy atom. The van der Waals surface area contributed by atoms with Gasteiger partial charge in [0.05, 0.1) is 25.2 Å². The van der Waals surface area contributed by atoms with Crippen molar-refractivity contribution in [3.63, 3.8) is 0 Å². The highest BCUT2D eigenvalue weighted by Crippen LogP contribution is 2.15. The maximum atomic E-state index is 12.0. The fraction of sp³-hybridized carbons (Fsp3) is 0.632. The summed E-state index contributed by atoms with van der Waals surface area (Å²) in [5, 5.41) is 0. The molecule has 3 rings (SSSR count). The maximum Gasteiger partial charge on any atom is 0.308 e. The number of hydrogen-bond acceptors (Lipinski definition) is 5. The molecule has 0 spiro atoms. The van der Waals surface area contributed by atoms with Gasteiger partial charge in [-0.25, -0.2) is 0 Å². The number of hydrogen-bond donors (Lipinski definition) is 0. The van der Waals surface area contributed by atoms with Gasteiger partial charge in [0.2, 0.25) is 0 Å². The van der Waals surface area contributed by atoms with Crippen LogP contribution in [0.4, 0.5) is 0 Å². The van der Waals surface area contributed by atoms with E-state index in [0.29, 0.717) is 19.6 Å². The van der Waals surface area contributed by atoms with Crippen molar-refractivity contribution >= 4 is 5.97 Å². The van der Waals surface area contributed by atoms with Crippen LogP contribution in [0.25, 0.3) is 0 Å². The summed E-state index contributed by atoms with van der Waals surface area (Å²) < 4.78 is 16.7. The van der Waals surface area contributed by atoms with Crippen LogP contribution in [-0.4, -0.2) is 56.0 Å². The van der Waals surface area contributed by atoms with E-state index in [1.165, 1.54) is 5.56 Å². The van der Waals surface area contributed by atoms with E-state index in [-0.39, 0.29) is 18.2 Å². The number of carbonyl (C=O) groups is 1. The summed E-state index contributed by atoms with van der Waals surface area (Å²) in [7, 11) is 0. The van der Waals surface area contributed by atoms with E-state index in [9.17, 15) is 4.79 Å². The van der Waals surface area contributed by atoms with Crippen LogP contribution in [0, 0.1) is 0 Å². The summed E-state index contributed by atoms with van der Waals surface area (Å²) >= 11 is 0. The van der Waals surface area contributed by atoms with Crippen molar-refractivity contribution in [2.45, 2.75) is 44.4 Å². The predicted molar refractivity (Wildman–Crippen MR) is 90.6 cm³/mol. The Morgan fingerprint density at radius 1 is 1.12 bits per heavy atom. The zero-order valence-electron chi connectivity index (χ0n) is 14.2. The number of rotatable bonds is 6. The molecule has 0 saturated carbocycles. The second-order valence-electron chi connectivity index (χ2n) is 6.59. The molecular weight excluding hydrogens is 306 g/mol. The molecule has 2 saturated heterocycles. The molecule has 24 heavy (non-hydrogen) atoms. The molecule has 2 aliphatic heterocycles. The van der Waals surface area contributed by atoms with E-state index in [1.807, 2.05) is 6.07 Å². The number of carbonyl (C=O) groups excluding carboxylic acids is 1. The van der Waals surface area contributed by atoms with Gasteiger partial charge in [-0.1, -0.05) is 30.3 Å². The van der Waals surface area contributed by atoms with Crippen molar-refractivity contribution in [3.8, 4) is 0 Å². The van der Waals surface area contributed by atoms with Crippen molar-refractivity contribution < 1.29 is 19.0 Å². The van der Waals surface area contributed by atoms with E-state index < -0.39 is 0 Å². The molecule has 0 aromatic heterocycles. The van der Waals surface area contributed by atoms with Gasteiger partial charge in [0, 0.05) is 26.2 Å². The number of morpholine rings is 1. The average molecular weight is 333 g/mol. The molecule has 2 aliphatic rings. The molecule has 0 N–H and O–H groups in total. The Kier molecular flexibility index (Phi) is 6.64. The molecule has 2 unspecified atom stereocenters. The molecule has 2 fully saturated rings. The summed E-state index contributed by atoms with van der Waals surface area (Å²) in [6.07, 6.45) is 3.56. The van der Waals surface area contributed by atoms with E-state index in [1.54, 1.807) is 0 Å². The molecule has 0 radical (unpaired) electrons. The van der Waals surface area contributed by atoms with Crippen molar-refractivity contribution in [1.82, 2.24) is 4.90 Å². The predicted octanol–water partition coefficient (Wildman–Crippen LogP) is 2.39. The molecule has 1 aromatic rings. The highest BCUT2D eigenvalue weighted by molar-refractivity contribution is 5.70. The Balaban J connectivity index is 1.39. The van der Waals surface area contributed by atoms with Gasteiger partial charge in [-0.15, -0.1) is 0 Å². The molecule has 1 aromatic carbocycles. The Morgan fingerprint density at radius 2 is 1.96 bits per heavy atom. The molecular formula is C19H27NO4. The van der Waals surface area contributed by atoms with Crippen LogP contribution in [0.2, 0.25) is 0 Å². The van der Waals surface area contributed by atoms with Gasteiger partial charge in [0.25, 0.3) is 0 Å². The summed E-state index contributed by atoms with van der Waals surface area (Å²) in [6.45, 7) is 4.38. The third kappa shape index (κ3) is 5.58. The van der Waals surface area contributed by atoms with E-state index >= 15 is 0 Å². The third-order valence-electron chi connectivity index (χ3n) is 4.57. The van der Waals surface area contributed by atoms with Crippen LogP contribution in [0.3, 0.4) is 0 Å². The van der Waals surface area contributed by atoms with Gasteiger partial charge in [0.1, 0.15) is 6.61 Å². The summed E-state index contributed by atoms with van der Waals surface area (Å²) in [4.78, 5) is 14.4. The highest BCUT2D eigenvalue weighted by atomic mass is 16.6. The lowest BCUT2D eigenvalue weighted by Crippen LogP contribution is -2.43. The second-order valence-corrected chi connectivity index (χ2v) is 6.59. The fourth-order valence-electron chi connectivity index (χ4n) is 3.26. The zero-order chi connectivity index (χ0) is 16.6. The number of nitrogens with zero attached hydrogens (tertiary/aromatic N) is 1. The van der Waals surface area contributed by atoms with E-state index in [2.05, 4.69) is 29.2 Å². The van der Waals surface area contributed by atoms with Gasteiger partial charge in [0.15, 0.2) is 0 Å². The topological polar surface area (TPSA) is 48.0 Å². The Hall–Kier alpha value is -1.43. The fourth-order valence-corrected chi connectivity index (χ4v) is 3.26. The van der Waals surface area contributed by atoms with Gasteiger partial charge in [-0.2, -0.15) is 0 Å². The Labute approximate surface area is 143 Å². The first kappa shape index (κ1) is 17.4. The van der Waals surface area contributed by atoms with Crippen LogP contribution >= 0.6 is 0 Å². The van der Waals surface area contributed by atoms with Crippen LogP contribution < -0.4 is 0 Å². The summed E-state index contributed by atoms with van der Waals surface area (Å²) in [5.74, 6) is -0.185. The van der Waals surface area contributed by atoms with Crippen LogP contribution in [-0.2, 0) is 25.5 Å². The molecule has 0 bridgehead atoms. The normalized spacial score (nSPS) is 25.3. The number of benzene rings is 1. The largest absolute Gasteiger partial charge is 0.463 e. The molecule has 5 nitrogen and oxygen atoms in total. The van der Waals surface area contributed by atoms with Gasteiger partial charge in [-0.3, -0.25) is 9.69 Å². The summed E-state index contributed by atoms with van der Waals surface area (Å²) in [6, 6.07) is 10.4. The standard InChI is InChI=1S/C19H27NO4/c21-19(24-15-17-8-4-5-10-22-17)12-18-14-20(9-11-23-18)13-16-6-2-1-3-7-16/h1-3,6-7,17-18H,4-5,8-15H2. The molecule has 5 heteroatoms. The minimum absolute atomic E-state index is 0.0737. The lowest BCUT2D eigenvalue weighted by Gasteiger charge is -2.32. The number of esters is 1. The van der Waals surface area contributed by atoms with Crippen molar-refractivity contribution in [1.29, 1.82) is 0 Å². The highest BCUT2D eigenvalue weighted by Gasteiger charge is 2.24. The lowest BCUT2D eigenvalue weighted by atomic mass is 10.1. The smallest absolute Gasteiger partial charge is 0.308 e. The first-order chi connectivity index (χ1) is 11.8. The molecule has 2 atom stereocenters. The SMILES string of the molecule is O=C(CC1CN(Cc2ccccc2)CCO1)OCC1CCCCO1. The monoisotopic (exact) mass is 333 g/mol. The third-order valence-corrected chi connectivity index (χ3v) is 4.57. The van der Waals surface area contributed by atoms with Crippen molar-refractivity contribution in [2.75, 3.05) is 32.9 Å². The minimum atomic E-state index is -0.185. The average Bonchev–Trinajstić information content (AvgIpc) is 2.62. The van der Waals surface area contributed by atoms with Crippen LogP contribution in [0.1, 0.15) is 31.2 Å². The maximum absolute atomic E-state index is 12.0. The molecule has 0 aliphatic carbocycles. The van der Waals surface area contributed by atoms with Crippen LogP contribution in [0.5, 0.6) is 0 Å². The Bertz CT molecular complexity index is 501. The van der Waals surface area contributed by atoms with Crippen LogP contribution in [0.15, 0.2) is 30.3 Å². The first-order valence-corrected chi connectivity index (χ1v) is 8.95. The summed E-state index contributed by atoms with van der Waals surface area (Å²) in [5.41, 5.74) is 1.29. The van der Waals surface area contributed by atoms with Crippen molar-refractivity contribution in [3.05, 3.63) is 35.9 Å². The van der Waals surface area contributed by atoms with Crippen molar-refractivity contribution in [2.24, 2.45) is 0 Å². The van der Waals surface area contributed by atoms with Gasteiger partial charge < -0.3 is 14.2 Å². The first-order valence-electron chi connectivity index (χ1n) is 8.95. The van der Waals surface area contributed by atoms with E-state index in [0.717, 1.165) is 45.5 Å². The minimum Gasteiger partial charge on any atom is -0.463 e. The zero-order valence-corrected chi connectivity index (χ0v) is 14.2. The van der Waals surface area contributed by atoms with E-state index in [4.69, 9.17) is 14.2 Å². The second kappa shape index (κ2) is 9.16. The van der Waals surface area contributed by atoms with Gasteiger partial charge in [-0.05, 0) is 24.8 Å². The molecule has 2 heterocycles. The quantitative estimate of drug-likeness (QED) is 0.748.